The highest BCUT2D eigenvalue weighted by molar-refractivity contribution is 7.98. The number of anilines is 1. The Labute approximate surface area is 189 Å². The Bertz CT molecular complexity index is 1090. The van der Waals surface area contributed by atoms with Crippen LogP contribution in [0.1, 0.15) is 21.5 Å². The normalized spacial score (nSPS) is 12.0. The van der Waals surface area contributed by atoms with E-state index in [1.54, 1.807) is 6.07 Å². The molecule has 2 heterocycles. The zero-order chi connectivity index (χ0) is 21.8. The summed E-state index contributed by atoms with van der Waals surface area (Å²) >= 11 is 7.58. The Balaban J connectivity index is 1.32. The number of nitrogens with one attached hydrogen (secondary N) is 1. The molecule has 0 unspecified atom stereocenters. The number of rotatable bonds is 7. The summed E-state index contributed by atoms with van der Waals surface area (Å²) < 4.78 is 10.7. The summed E-state index contributed by atoms with van der Waals surface area (Å²) in [5.41, 5.74) is 2.61. The zero-order valence-corrected chi connectivity index (χ0v) is 18.7. The number of fused-ring (bicyclic) bond motifs is 1. The number of hydrogen-bond donors (Lipinski definition) is 1. The van der Waals surface area contributed by atoms with Crippen LogP contribution >= 0.6 is 23.4 Å². The van der Waals surface area contributed by atoms with Crippen LogP contribution in [-0.2, 0) is 12.3 Å². The van der Waals surface area contributed by atoms with Gasteiger partial charge < -0.3 is 19.7 Å². The predicted molar refractivity (Wildman–Crippen MR) is 121 cm³/mol. The van der Waals surface area contributed by atoms with Crippen molar-refractivity contribution in [1.29, 1.82) is 0 Å². The van der Waals surface area contributed by atoms with Gasteiger partial charge in [-0.3, -0.25) is 4.79 Å². The number of ether oxygens (including phenoxy) is 2. The van der Waals surface area contributed by atoms with Crippen LogP contribution in [0.2, 0.25) is 5.15 Å². The first-order valence-corrected chi connectivity index (χ1v) is 10.9. The minimum absolute atomic E-state index is 0.134. The third kappa shape index (κ3) is 5.39. The Morgan fingerprint density at radius 1 is 1.06 bits per heavy atom. The highest BCUT2D eigenvalue weighted by atomic mass is 35.5. The fourth-order valence-electron chi connectivity index (χ4n) is 2.91. The fraction of sp³-hybridized carbons (Fsp3) is 0.227. The Hall–Kier alpha value is -2.97. The van der Waals surface area contributed by atoms with Crippen molar-refractivity contribution in [3.05, 3.63) is 70.4 Å². The highest BCUT2D eigenvalue weighted by Crippen LogP contribution is 2.32. The highest BCUT2D eigenvalue weighted by Gasteiger charge is 2.14. The molecule has 0 saturated carbocycles. The first-order valence-electron chi connectivity index (χ1n) is 9.58. The molecule has 1 N–H and O–H groups in total. The fourth-order valence-corrected chi connectivity index (χ4v) is 3.95. The van der Waals surface area contributed by atoms with Crippen LogP contribution in [0.4, 0.5) is 5.82 Å². The van der Waals surface area contributed by atoms with Crippen molar-refractivity contribution in [3.63, 3.8) is 0 Å². The topological polar surface area (TPSA) is 76.6 Å². The lowest BCUT2D eigenvalue weighted by atomic mass is 10.1. The van der Waals surface area contributed by atoms with Gasteiger partial charge in [0.2, 0.25) is 6.79 Å². The standard InChI is InChI=1S/C22H21ClN4O3S/c1-27(2)20-10-19(23)25-22(26-20)31-12-14-3-6-16(7-4-14)21(28)24-11-15-5-8-17-18(9-15)30-13-29-17/h3-10H,11-13H2,1-2H3,(H,24,28). The number of hydrogen-bond acceptors (Lipinski definition) is 7. The van der Waals surface area contributed by atoms with Gasteiger partial charge in [-0.25, -0.2) is 9.97 Å². The minimum atomic E-state index is -0.134. The number of carbonyl (C=O) groups excluding carboxylic acids is 1. The van der Waals surface area contributed by atoms with Gasteiger partial charge in [0.1, 0.15) is 11.0 Å². The predicted octanol–water partition coefficient (Wildman–Crippen LogP) is 4.15. The number of amides is 1. The maximum Gasteiger partial charge on any atom is 0.251 e. The van der Waals surface area contributed by atoms with Crippen LogP contribution in [0.5, 0.6) is 11.5 Å². The van der Waals surface area contributed by atoms with Crippen LogP contribution < -0.4 is 19.7 Å². The number of carbonyl (C=O) groups is 1. The lowest BCUT2D eigenvalue weighted by molar-refractivity contribution is 0.0951. The maximum absolute atomic E-state index is 12.5. The largest absolute Gasteiger partial charge is 0.454 e. The van der Waals surface area contributed by atoms with E-state index in [2.05, 4.69) is 15.3 Å². The molecular formula is C22H21ClN4O3S. The van der Waals surface area contributed by atoms with Crippen molar-refractivity contribution in [3.8, 4) is 11.5 Å². The summed E-state index contributed by atoms with van der Waals surface area (Å²) in [6, 6.07) is 14.9. The molecule has 0 saturated heterocycles. The van der Waals surface area contributed by atoms with Gasteiger partial charge in [0.15, 0.2) is 16.7 Å². The lowest BCUT2D eigenvalue weighted by Gasteiger charge is -2.12. The molecule has 0 spiro atoms. The van der Waals surface area contributed by atoms with Crippen LogP contribution in [0.25, 0.3) is 0 Å². The summed E-state index contributed by atoms with van der Waals surface area (Å²) in [6.07, 6.45) is 0. The first-order chi connectivity index (χ1) is 15.0. The molecule has 1 aliphatic rings. The van der Waals surface area contributed by atoms with Gasteiger partial charge in [-0.1, -0.05) is 41.6 Å². The minimum Gasteiger partial charge on any atom is -0.454 e. The van der Waals surface area contributed by atoms with Crippen LogP contribution in [0.15, 0.2) is 53.7 Å². The van der Waals surface area contributed by atoms with E-state index < -0.39 is 0 Å². The first kappa shape index (κ1) is 21.3. The number of thioether (sulfide) groups is 1. The maximum atomic E-state index is 12.5. The Kier molecular flexibility index (Phi) is 6.48. The van der Waals surface area contributed by atoms with Crippen molar-refractivity contribution in [1.82, 2.24) is 15.3 Å². The van der Waals surface area contributed by atoms with Gasteiger partial charge >= 0.3 is 0 Å². The van der Waals surface area contributed by atoms with Crippen molar-refractivity contribution in [2.75, 3.05) is 25.8 Å². The van der Waals surface area contributed by atoms with Gasteiger partial charge in [0.25, 0.3) is 5.91 Å². The number of aromatic nitrogens is 2. The van der Waals surface area contributed by atoms with Gasteiger partial charge in [0, 0.05) is 38.0 Å². The second-order valence-electron chi connectivity index (χ2n) is 7.08. The van der Waals surface area contributed by atoms with E-state index in [0.29, 0.717) is 33.9 Å². The molecule has 7 nitrogen and oxygen atoms in total. The number of nitrogens with zero attached hydrogens (tertiary/aromatic N) is 3. The quantitative estimate of drug-likeness (QED) is 0.325. The second kappa shape index (κ2) is 9.45. The van der Waals surface area contributed by atoms with E-state index in [0.717, 1.165) is 22.7 Å². The van der Waals surface area contributed by atoms with Gasteiger partial charge in [-0.05, 0) is 35.4 Å². The molecule has 0 aliphatic carbocycles. The zero-order valence-electron chi connectivity index (χ0n) is 17.1. The second-order valence-corrected chi connectivity index (χ2v) is 8.41. The van der Waals surface area contributed by atoms with Crippen LogP contribution in [0.3, 0.4) is 0 Å². The number of halogens is 1. The molecule has 3 aromatic rings. The smallest absolute Gasteiger partial charge is 0.251 e. The van der Waals surface area contributed by atoms with Gasteiger partial charge in [-0.2, -0.15) is 0 Å². The number of benzene rings is 2. The van der Waals surface area contributed by atoms with Crippen molar-refractivity contribution >= 4 is 35.1 Å². The van der Waals surface area contributed by atoms with E-state index in [4.69, 9.17) is 21.1 Å². The molecular weight excluding hydrogens is 436 g/mol. The van der Waals surface area contributed by atoms with Crippen LogP contribution in [0, 0.1) is 0 Å². The molecule has 1 aromatic heterocycles. The molecule has 160 valence electrons. The van der Waals surface area contributed by atoms with E-state index in [1.807, 2.05) is 61.5 Å². The molecule has 2 aromatic carbocycles. The molecule has 9 heteroatoms. The average molecular weight is 457 g/mol. The van der Waals surface area contributed by atoms with E-state index >= 15 is 0 Å². The molecule has 1 amide bonds. The Morgan fingerprint density at radius 3 is 2.58 bits per heavy atom. The Morgan fingerprint density at radius 2 is 1.81 bits per heavy atom. The summed E-state index contributed by atoms with van der Waals surface area (Å²) in [5, 5.41) is 3.95. The third-order valence-corrected chi connectivity index (χ3v) is 5.71. The van der Waals surface area contributed by atoms with E-state index in [-0.39, 0.29) is 12.7 Å². The lowest BCUT2D eigenvalue weighted by Crippen LogP contribution is -2.22. The SMILES string of the molecule is CN(C)c1cc(Cl)nc(SCc2ccc(C(=O)NCc3ccc4c(c3)OCO4)cc2)n1. The molecule has 1 aliphatic heterocycles. The van der Waals surface area contributed by atoms with Crippen molar-refractivity contribution < 1.29 is 14.3 Å². The van der Waals surface area contributed by atoms with Crippen molar-refractivity contribution in [2.24, 2.45) is 0 Å². The molecule has 4 rings (SSSR count). The van der Waals surface area contributed by atoms with Crippen LogP contribution in [-0.4, -0.2) is 36.8 Å². The third-order valence-electron chi connectivity index (χ3n) is 4.59. The van der Waals surface area contributed by atoms with E-state index in [1.165, 1.54) is 11.8 Å². The summed E-state index contributed by atoms with van der Waals surface area (Å²) in [4.78, 5) is 23.1. The average Bonchev–Trinajstić information content (AvgIpc) is 3.24. The van der Waals surface area contributed by atoms with Crippen molar-refractivity contribution in [2.45, 2.75) is 17.5 Å². The monoisotopic (exact) mass is 456 g/mol. The summed E-state index contributed by atoms with van der Waals surface area (Å²) in [5.74, 6) is 2.73. The van der Waals surface area contributed by atoms with E-state index in [9.17, 15) is 4.79 Å². The molecule has 0 bridgehead atoms. The van der Waals surface area contributed by atoms with Gasteiger partial charge in [0.05, 0.1) is 0 Å². The summed E-state index contributed by atoms with van der Waals surface area (Å²) in [6.45, 7) is 0.642. The molecule has 0 radical (unpaired) electrons. The molecule has 0 fully saturated rings. The molecule has 0 atom stereocenters. The van der Waals surface area contributed by atoms with Gasteiger partial charge in [-0.15, -0.1) is 0 Å². The summed E-state index contributed by atoms with van der Waals surface area (Å²) in [7, 11) is 3.81. The molecule has 31 heavy (non-hydrogen) atoms.